The summed E-state index contributed by atoms with van der Waals surface area (Å²) < 4.78 is 1.72. The predicted octanol–water partition coefficient (Wildman–Crippen LogP) is 4.20. The Kier molecular flexibility index (Phi) is 6.13. The van der Waals surface area contributed by atoms with Crippen LogP contribution in [0.1, 0.15) is 44.9 Å². The van der Waals surface area contributed by atoms with Gasteiger partial charge in [0.25, 0.3) is 0 Å². The van der Waals surface area contributed by atoms with Crippen LogP contribution < -0.4 is 5.32 Å². The minimum Gasteiger partial charge on any atom is -0.325 e. The van der Waals surface area contributed by atoms with Crippen molar-refractivity contribution in [2.75, 3.05) is 18.9 Å². The van der Waals surface area contributed by atoms with E-state index in [1.807, 2.05) is 36.2 Å². The topological polar surface area (TPSA) is 63.1 Å². The molecule has 0 saturated carbocycles. The lowest BCUT2D eigenvalue weighted by molar-refractivity contribution is -0.117. The third-order valence-electron chi connectivity index (χ3n) is 5.15. The first-order valence-corrected chi connectivity index (χ1v) is 9.79. The minimum atomic E-state index is -0.0258. The van der Waals surface area contributed by atoms with Crippen LogP contribution in [0.2, 0.25) is 0 Å². The number of hydrogen-bond donors (Lipinski definition) is 1. The molecule has 1 heterocycles. The van der Waals surface area contributed by atoms with E-state index in [-0.39, 0.29) is 17.4 Å². The molecule has 1 atom stereocenters. The van der Waals surface area contributed by atoms with Crippen LogP contribution in [0.3, 0.4) is 0 Å². The SMILES string of the molecule is C[C@H](c1ccc(-n2cncn2)cc1)N(C)CC(=O)Nc1ccc(C(C)(C)C)cc1. The number of anilines is 1. The van der Waals surface area contributed by atoms with Gasteiger partial charge in [-0.05, 0) is 54.8 Å². The first-order chi connectivity index (χ1) is 13.7. The smallest absolute Gasteiger partial charge is 0.238 e. The van der Waals surface area contributed by atoms with Crippen LogP contribution in [-0.2, 0) is 10.2 Å². The molecule has 3 aromatic rings. The molecule has 2 aromatic carbocycles. The van der Waals surface area contributed by atoms with Crippen LogP contribution in [0.25, 0.3) is 5.69 Å². The minimum absolute atomic E-state index is 0.0258. The second kappa shape index (κ2) is 8.57. The van der Waals surface area contributed by atoms with Crippen molar-refractivity contribution in [1.82, 2.24) is 19.7 Å². The maximum absolute atomic E-state index is 12.5. The number of likely N-dealkylation sites (N-methyl/N-ethyl adjacent to an activating group) is 1. The van der Waals surface area contributed by atoms with E-state index < -0.39 is 0 Å². The van der Waals surface area contributed by atoms with E-state index >= 15 is 0 Å². The number of hydrogen-bond acceptors (Lipinski definition) is 4. The second-order valence-corrected chi connectivity index (χ2v) is 8.40. The lowest BCUT2D eigenvalue weighted by Gasteiger charge is -2.25. The number of amides is 1. The number of carbonyl (C=O) groups is 1. The third kappa shape index (κ3) is 5.29. The summed E-state index contributed by atoms with van der Waals surface area (Å²) in [5, 5.41) is 7.12. The molecular formula is C23H29N5O. The zero-order valence-electron chi connectivity index (χ0n) is 17.8. The molecule has 6 heteroatoms. The number of nitrogens with one attached hydrogen (secondary N) is 1. The zero-order valence-corrected chi connectivity index (χ0v) is 17.8. The van der Waals surface area contributed by atoms with Crippen molar-refractivity contribution in [1.29, 1.82) is 0 Å². The molecule has 0 aliphatic rings. The fraction of sp³-hybridized carbons (Fsp3) is 0.348. The molecule has 0 spiro atoms. The maximum Gasteiger partial charge on any atom is 0.238 e. The van der Waals surface area contributed by atoms with Crippen LogP contribution in [0.4, 0.5) is 5.69 Å². The summed E-state index contributed by atoms with van der Waals surface area (Å²) in [7, 11) is 1.96. The van der Waals surface area contributed by atoms with Gasteiger partial charge < -0.3 is 5.32 Å². The number of rotatable bonds is 6. The van der Waals surface area contributed by atoms with E-state index in [9.17, 15) is 4.79 Å². The molecule has 0 saturated heterocycles. The normalized spacial score (nSPS) is 12.8. The number of nitrogens with zero attached hydrogens (tertiary/aromatic N) is 4. The summed E-state index contributed by atoms with van der Waals surface area (Å²) in [6, 6.07) is 16.3. The zero-order chi connectivity index (χ0) is 21.0. The van der Waals surface area contributed by atoms with E-state index in [1.54, 1.807) is 11.0 Å². The number of benzene rings is 2. The van der Waals surface area contributed by atoms with Crippen molar-refractivity contribution in [3.8, 4) is 5.69 Å². The van der Waals surface area contributed by atoms with Crippen LogP contribution in [0.5, 0.6) is 0 Å². The van der Waals surface area contributed by atoms with Gasteiger partial charge in [-0.1, -0.05) is 45.0 Å². The predicted molar refractivity (Wildman–Crippen MR) is 116 cm³/mol. The molecule has 1 N–H and O–H groups in total. The van der Waals surface area contributed by atoms with E-state index in [1.165, 1.54) is 11.9 Å². The largest absolute Gasteiger partial charge is 0.325 e. The van der Waals surface area contributed by atoms with E-state index in [0.717, 1.165) is 16.9 Å². The summed E-state index contributed by atoms with van der Waals surface area (Å²) in [6.45, 7) is 8.93. The lowest BCUT2D eigenvalue weighted by Crippen LogP contribution is -2.32. The first kappa shape index (κ1) is 20.7. The summed E-state index contributed by atoms with van der Waals surface area (Å²) in [4.78, 5) is 18.5. The summed E-state index contributed by atoms with van der Waals surface area (Å²) in [5.74, 6) is -0.0258. The summed E-state index contributed by atoms with van der Waals surface area (Å²) >= 11 is 0. The third-order valence-corrected chi connectivity index (χ3v) is 5.15. The number of carbonyl (C=O) groups excluding carboxylic acids is 1. The van der Waals surface area contributed by atoms with Gasteiger partial charge in [-0.2, -0.15) is 5.10 Å². The van der Waals surface area contributed by atoms with Gasteiger partial charge in [-0.15, -0.1) is 0 Å². The van der Waals surface area contributed by atoms with Gasteiger partial charge >= 0.3 is 0 Å². The molecule has 0 radical (unpaired) electrons. The van der Waals surface area contributed by atoms with Gasteiger partial charge in [-0.3, -0.25) is 9.69 Å². The van der Waals surface area contributed by atoms with Gasteiger partial charge in [0.2, 0.25) is 5.91 Å². The molecule has 1 aromatic heterocycles. The van der Waals surface area contributed by atoms with Crippen molar-refractivity contribution in [2.24, 2.45) is 0 Å². The van der Waals surface area contributed by atoms with Crippen LogP contribution >= 0.6 is 0 Å². The maximum atomic E-state index is 12.5. The Morgan fingerprint density at radius 1 is 1.10 bits per heavy atom. The molecular weight excluding hydrogens is 362 g/mol. The van der Waals surface area contributed by atoms with Crippen molar-refractivity contribution < 1.29 is 4.79 Å². The van der Waals surface area contributed by atoms with Crippen LogP contribution in [0.15, 0.2) is 61.2 Å². The monoisotopic (exact) mass is 391 g/mol. The highest BCUT2D eigenvalue weighted by Gasteiger charge is 2.16. The average molecular weight is 392 g/mol. The Labute approximate surface area is 172 Å². The Hall–Kier alpha value is -2.99. The highest BCUT2D eigenvalue weighted by atomic mass is 16.2. The quantitative estimate of drug-likeness (QED) is 0.684. The molecule has 0 unspecified atom stereocenters. The van der Waals surface area contributed by atoms with Crippen LogP contribution in [0, 0.1) is 0 Å². The number of aromatic nitrogens is 3. The van der Waals surface area contributed by atoms with E-state index in [2.05, 4.69) is 67.4 Å². The Balaban J connectivity index is 1.57. The molecule has 152 valence electrons. The molecule has 0 fully saturated rings. The molecule has 29 heavy (non-hydrogen) atoms. The molecule has 6 nitrogen and oxygen atoms in total. The molecule has 0 aliphatic heterocycles. The summed E-state index contributed by atoms with van der Waals surface area (Å²) in [5.41, 5.74) is 4.26. The molecule has 0 bridgehead atoms. The average Bonchev–Trinajstić information content (AvgIpc) is 3.22. The van der Waals surface area contributed by atoms with E-state index in [0.29, 0.717) is 6.54 Å². The lowest BCUT2D eigenvalue weighted by atomic mass is 9.87. The molecule has 1 amide bonds. The fourth-order valence-corrected chi connectivity index (χ4v) is 3.12. The van der Waals surface area contributed by atoms with Crippen molar-refractivity contribution in [3.63, 3.8) is 0 Å². The fourth-order valence-electron chi connectivity index (χ4n) is 3.12. The van der Waals surface area contributed by atoms with Crippen molar-refractivity contribution >= 4 is 11.6 Å². The van der Waals surface area contributed by atoms with Crippen LogP contribution in [-0.4, -0.2) is 39.2 Å². The van der Waals surface area contributed by atoms with Gasteiger partial charge in [0, 0.05) is 11.7 Å². The highest BCUT2D eigenvalue weighted by Crippen LogP contribution is 2.24. The van der Waals surface area contributed by atoms with Gasteiger partial charge in [-0.25, -0.2) is 9.67 Å². The van der Waals surface area contributed by atoms with Crippen molar-refractivity contribution in [3.05, 3.63) is 72.3 Å². The van der Waals surface area contributed by atoms with Gasteiger partial charge in [0.1, 0.15) is 12.7 Å². The standard InChI is InChI=1S/C23H29N5O/c1-17(18-6-12-21(13-7-18)28-16-24-15-25-28)27(5)14-22(29)26-20-10-8-19(9-11-20)23(2,3)4/h6-13,15-17H,14H2,1-5H3,(H,26,29)/t17-/m1/s1. The Bertz CT molecular complexity index is 925. The highest BCUT2D eigenvalue weighted by molar-refractivity contribution is 5.92. The Morgan fingerprint density at radius 3 is 2.31 bits per heavy atom. The first-order valence-electron chi connectivity index (χ1n) is 9.79. The summed E-state index contributed by atoms with van der Waals surface area (Å²) in [6.07, 6.45) is 3.18. The second-order valence-electron chi connectivity index (χ2n) is 8.40. The molecule has 0 aliphatic carbocycles. The van der Waals surface area contributed by atoms with E-state index in [4.69, 9.17) is 0 Å². The van der Waals surface area contributed by atoms with Crippen molar-refractivity contribution in [2.45, 2.75) is 39.2 Å². The van der Waals surface area contributed by atoms with Gasteiger partial charge in [0.15, 0.2) is 0 Å². The molecule has 3 rings (SSSR count). The Morgan fingerprint density at radius 2 is 1.76 bits per heavy atom. The van der Waals surface area contributed by atoms with Gasteiger partial charge in [0.05, 0.1) is 12.2 Å².